The Bertz CT molecular complexity index is 1840. The number of benzene rings is 2. The monoisotopic (exact) mass is 720 g/mol. The molecule has 0 aliphatic carbocycles. The Labute approximate surface area is 299 Å². The highest BCUT2D eigenvalue weighted by molar-refractivity contribution is 7.88. The lowest BCUT2D eigenvalue weighted by molar-refractivity contribution is -0.143. The van der Waals surface area contributed by atoms with Gasteiger partial charge in [0, 0.05) is 88.0 Å². The normalized spacial score (nSPS) is 21.5. The number of aromatic nitrogens is 2. The lowest BCUT2D eigenvalue weighted by Crippen LogP contribution is -2.56. The average molecular weight is 721 g/mol. The minimum atomic E-state index is -3.20. The zero-order chi connectivity index (χ0) is 35.7. The van der Waals surface area contributed by atoms with Crippen LogP contribution in [0, 0.1) is 0 Å². The molecule has 1 aromatic heterocycles. The lowest BCUT2D eigenvalue weighted by atomic mass is 9.92. The number of rotatable bonds is 7. The predicted molar refractivity (Wildman–Crippen MR) is 193 cm³/mol. The molecular formula is C36H48N8O6S. The number of piperazine rings is 1. The number of nitrogens with one attached hydrogen (secondary N) is 2. The number of carbonyl (C=O) groups is 3. The fraction of sp³-hybridized carbons (Fsp3) is 0.556. The number of urea groups is 1. The molecule has 0 bridgehead atoms. The lowest BCUT2D eigenvalue weighted by Gasteiger charge is -2.43. The third-order valence-corrected chi connectivity index (χ3v) is 12.6. The number of H-pyrrole nitrogens is 1. The van der Waals surface area contributed by atoms with Crippen molar-refractivity contribution >= 4 is 44.6 Å². The smallest absolute Gasteiger partial charge is 0.410 e. The maximum atomic E-state index is 14.3. The van der Waals surface area contributed by atoms with E-state index in [0.29, 0.717) is 71.7 Å². The molecule has 274 valence electrons. The minimum absolute atomic E-state index is 0.00273. The van der Waals surface area contributed by atoms with Crippen molar-refractivity contribution in [2.75, 3.05) is 70.5 Å². The first kappa shape index (κ1) is 35.2. The number of aromatic amines is 1. The van der Waals surface area contributed by atoms with Crippen LogP contribution in [0.25, 0.3) is 10.9 Å². The Kier molecular flexibility index (Phi) is 10.2. The summed E-state index contributed by atoms with van der Waals surface area (Å²) in [5.41, 5.74) is 3.72. The van der Waals surface area contributed by atoms with E-state index in [1.165, 1.54) is 10.6 Å². The SMILES string of the molecule is C[C@H](c1ccc2[nH]ncc2c1)C(OC(=O)N1CCC(N2CCc3ccccc3NC2=O)CC1)C(=O)N1CCC(N2CCN(S(C)(=O)=O)CC2)CC1. The first-order valence-electron chi connectivity index (χ1n) is 18.1. The van der Waals surface area contributed by atoms with Gasteiger partial charge in [-0.2, -0.15) is 9.40 Å². The van der Waals surface area contributed by atoms with E-state index < -0.39 is 28.1 Å². The molecule has 2 N–H and O–H groups in total. The van der Waals surface area contributed by atoms with Crippen molar-refractivity contribution in [1.29, 1.82) is 0 Å². The van der Waals surface area contributed by atoms with E-state index in [-0.39, 0.29) is 24.0 Å². The molecule has 7 rings (SSSR count). The predicted octanol–water partition coefficient (Wildman–Crippen LogP) is 3.29. The fourth-order valence-electron chi connectivity index (χ4n) is 8.10. The number of sulfonamides is 1. The Hall–Kier alpha value is -4.21. The van der Waals surface area contributed by atoms with Gasteiger partial charge in [0.1, 0.15) is 0 Å². The maximum absolute atomic E-state index is 14.3. The van der Waals surface area contributed by atoms with E-state index in [4.69, 9.17) is 4.74 Å². The highest BCUT2D eigenvalue weighted by Gasteiger charge is 2.39. The Morgan fingerprint density at radius 3 is 2.29 bits per heavy atom. The summed E-state index contributed by atoms with van der Waals surface area (Å²) < 4.78 is 31.7. The topological polar surface area (TPSA) is 151 Å². The minimum Gasteiger partial charge on any atom is -0.435 e. The van der Waals surface area contributed by atoms with Crippen molar-refractivity contribution in [3.8, 4) is 0 Å². The Morgan fingerprint density at radius 1 is 0.882 bits per heavy atom. The quantitative estimate of drug-likeness (QED) is 0.378. The molecule has 3 aromatic rings. The first-order chi connectivity index (χ1) is 24.5. The number of ether oxygens (including phenoxy) is 1. The molecule has 5 heterocycles. The molecule has 14 nitrogen and oxygen atoms in total. The number of hydrogen-bond acceptors (Lipinski definition) is 8. The van der Waals surface area contributed by atoms with Crippen LogP contribution in [-0.4, -0.2) is 144 Å². The van der Waals surface area contributed by atoms with Crippen molar-refractivity contribution in [1.82, 2.24) is 34.1 Å². The molecule has 1 unspecified atom stereocenters. The van der Waals surface area contributed by atoms with Crippen LogP contribution >= 0.6 is 0 Å². The molecule has 0 spiro atoms. The van der Waals surface area contributed by atoms with Gasteiger partial charge in [0.2, 0.25) is 10.0 Å². The standard InChI is InChI=1S/C36H48N8O6S/c1-25(27-7-8-32-28(23-27)24-37-39-32)33(34(45)41-14-10-29(11-15-41)40-19-21-43(22-20-40)51(2,48)49)50-36(47)42-16-12-30(13-17-42)44-18-9-26-5-3-4-6-31(26)38-35(44)46/h3-8,23-25,29-30,33H,9-22H2,1-2H3,(H,37,39)(H,38,46)/t25-,33?/m1/s1. The fourth-order valence-corrected chi connectivity index (χ4v) is 8.93. The molecule has 3 saturated heterocycles. The van der Waals surface area contributed by atoms with Gasteiger partial charge in [0.15, 0.2) is 6.10 Å². The number of anilines is 1. The number of piperidine rings is 2. The Morgan fingerprint density at radius 2 is 1.57 bits per heavy atom. The third kappa shape index (κ3) is 7.70. The average Bonchev–Trinajstić information content (AvgIpc) is 3.55. The van der Waals surface area contributed by atoms with E-state index >= 15 is 0 Å². The molecule has 0 radical (unpaired) electrons. The molecule has 0 saturated carbocycles. The summed E-state index contributed by atoms with van der Waals surface area (Å²) in [6.07, 6.45) is 4.99. The van der Waals surface area contributed by atoms with Crippen LogP contribution in [0.15, 0.2) is 48.7 Å². The number of carbonyl (C=O) groups excluding carboxylic acids is 3. The molecule has 4 aliphatic rings. The van der Waals surface area contributed by atoms with Crippen LogP contribution in [0.5, 0.6) is 0 Å². The summed E-state index contributed by atoms with van der Waals surface area (Å²) in [4.78, 5) is 48.9. The zero-order valence-corrected chi connectivity index (χ0v) is 30.2. The van der Waals surface area contributed by atoms with Gasteiger partial charge in [-0.15, -0.1) is 0 Å². The van der Waals surface area contributed by atoms with Crippen LogP contribution in [0.1, 0.15) is 49.7 Å². The van der Waals surface area contributed by atoms with Crippen LogP contribution in [-0.2, 0) is 26.0 Å². The molecule has 2 aromatic carbocycles. The van der Waals surface area contributed by atoms with E-state index in [1.807, 2.05) is 59.2 Å². The highest BCUT2D eigenvalue weighted by atomic mass is 32.2. The van der Waals surface area contributed by atoms with Gasteiger partial charge >= 0.3 is 12.1 Å². The molecule has 51 heavy (non-hydrogen) atoms. The van der Waals surface area contributed by atoms with E-state index in [0.717, 1.165) is 47.0 Å². The van der Waals surface area contributed by atoms with Gasteiger partial charge in [-0.05, 0) is 61.4 Å². The van der Waals surface area contributed by atoms with Crippen molar-refractivity contribution in [3.63, 3.8) is 0 Å². The molecule has 4 amide bonds. The summed E-state index contributed by atoms with van der Waals surface area (Å²) in [5, 5.41) is 11.1. The summed E-state index contributed by atoms with van der Waals surface area (Å²) in [6.45, 7) is 6.75. The van der Waals surface area contributed by atoms with E-state index in [9.17, 15) is 22.8 Å². The molecule has 2 atom stereocenters. The highest BCUT2D eigenvalue weighted by Crippen LogP contribution is 2.30. The van der Waals surface area contributed by atoms with Gasteiger partial charge in [0.25, 0.3) is 5.91 Å². The number of para-hydroxylation sites is 1. The van der Waals surface area contributed by atoms with Crippen LogP contribution < -0.4 is 5.32 Å². The second-order valence-electron chi connectivity index (χ2n) is 14.3. The number of likely N-dealkylation sites (tertiary alicyclic amines) is 2. The van der Waals surface area contributed by atoms with Crippen LogP contribution in [0.3, 0.4) is 0 Å². The van der Waals surface area contributed by atoms with E-state index in [2.05, 4.69) is 20.4 Å². The largest absolute Gasteiger partial charge is 0.435 e. The van der Waals surface area contributed by atoms with Gasteiger partial charge < -0.3 is 24.8 Å². The van der Waals surface area contributed by atoms with Gasteiger partial charge in [-0.25, -0.2) is 18.0 Å². The molecular weight excluding hydrogens is 673 g/mol. The van der Waals surface area contributed by atoms with E-state index in [1.54, 1.807) is 11.1 Å². The first-order valence-corrected chi connectivity index (χ1v) is 19.9. The van der Waals surface area contributed by atoms with Gasteiger partial charge in [-0.1, -0.05) is 31.2 Å². The summed E-state index contributed by atoms with van der Waals surface area (Å²) in [5.74, 6) is -0.623. The summed E-state index contributed by atoms with van der Waals surface area (Å²) in [7, 11) is -3.20. The second kappa shape index (κ2) is 14.8. The second-order valence-corrected chi connectivity index (χ2v) is 16.3. The van der Waals surface area contributed by atoms with Crippen molar-refractivity contribution in [3.05, 3.63) is 59.8 Å². The third-order valence-electron chi connectivity index (χ3n) is 11.3. The van der Waals surface area contributed by atoms with Crippen molar-refractivity contribution < 1.29 is 27.5 Å². The molecule has 3 fully saturated rings. The summed E-state index contributed by atoms with van der Waals surface area (Å²) >= 11 is 0. The molecule has 15 heteroatoms. The number of fused-ring (bicyclic) bond motifs is 2. The van der Waals surface area contributed by atoms with Crippen molar-refractivity contribution in [2.24, 2.45) is 0 Å². The van der Waals surface area contributed by atoms with Gasteiger partial charge in [0.05, 0.1) is 18.0 Å². The summed E-state index contributed by atoms with van der Waals surface area (Å²) in [6, 6.07) is 13.9. The number of amides is 4. The maximum Gasteiger partial charge on any atom is 0.410 e. The van der Waals surface area contributed by atoms with Crippen LogP contribution in [0.2, 0.25) is 0 Å². The molecule has 4 aliphatic heterocycles. The Balaban J connectivity index is 0.994. The van der Waals surface area contributed by atoms with Crippen LogP contribution in [0.4, 0.5) is 15.3 Å². The number of nitrogens with zero attached hydrogens (tertiary/aromatic N) is 6. The number of hydrogen-bond donors (Lipinski definition) is 2. The van der Waals surface area contributed by atoms with Gasteiger partial charge in [-0.3, -0.25) is 14.8 Å². The van der Waals surface area contributed by atoms with Crippen molar-refractivity contribution in [2.45, 2.75) is 63.1 Å². The zero-order valence-electron chi connectivity index (χ0n) is 29.4.